The summed E-state index contributed by atoms with van der Waals surface area (Å²) in [5.74, 6) is 2.46. The van der Waals surface area contributed by atoms with Gasteiger partial charge in [-0.1, -0.05) is 0 Å². The van der Waals surface area contributed by atoms with Gasteiger partial charge in [-0.3, -0.25) is 9.59 Å². The average Bonchev–Trinajstić information content (AvgIpc) is 3.22. The Morgan fingerprint density at radius 3 is 2.03 bits per heavy atom. The average molecular weight is 394 g/mol. The molecule has 7 nitrogen and oxygen atoms in total. The number of aldehydes is 2. The molecule has 3 aromatic carbocycles. The largest absolute Gasteiger partial charge is 0.493 e. The maximum atomic E-state index is 12.0. The number of carbonyl (C=O) groups excluding carboxylic acids is 2. The van der Waals surface area contributed by atoms with E-state index in [2.05, 4.69) is 0 Å². The highest BCUT2D eigenvalue weighted by Crippen LogP contribution is 2.46. The van der Waals surface area contributed by atoms with Crippen LogP contribution in [-0.2, 0) is 0 Å². The second kappa shape index (κ2) is 7.35. The highest BCUT2D eigenvalue weighted by Gasteiger charge is 2.22. The molecule has 0 bridgehead atoms. The lowest BCUT2D eigenvalue weighted by atomic mass is 9.90. The van der Waals surface area contributed by atoms with Crippen LogP contribution in [0.15, 0.2) is 30.3 Å². The summed E-state index contributed by atoms with van der Waals surface area (Å²) in [5, 5.41) is 1.47. The zero-order chi connectivity index (χ0) is 20.5. The molecule has 0 unspecified atom stereocenters. The van der Waals surface area contributed by atoms with Gasteiger partial charge in [0.15, 0.2) is 35.6 Å². The Hall–Kier alpha value is -3.74. The van der Waals surface area contributed by atoms with E-state index < -0.39 is 0 Å². The Balaban J connectivity index is 2.12. The zero-order valence-electron chi connectivity index (χ0n) is 16.1. The van der Waals surface area contributed by atoms with Crippen LogP contribution in [0.3, 0.4) is 0 Å². The van der Waals surface area contributed by atoms with Crippen LogP contribution in [0.4, 0.5) is 0 Å². The van der Waals surface area contributed by atoms with Crippen LogP contribution < -0.4 is 23.7 Å². The van der Waals surface area contributed by atoms with Gasteiger partial charge < -0.3 is 23.7 Å². The van der Waals surface area contributed by atoms with Crippen molar-refractivity contribution in [2.45, 2.75) is 0 Å². The molecule has 0 aliphatic carbocycles. The van der Waals surface area contributed by atoms with Crippen molar-refractivity contribution in [3.63, 3.8) is 0 Å². The second-order valence-corrected chi connectivity index (χ2v) is 6.33. The van der Waals surface area contributed by atoms with Crippen molar-refractivity contribution in [3.8, 4) is 39.9 Å². The number of carbonyl (C=O) groups is 2. The van der Waals surface area contributed by atoms with E-state index in [0.717, 1.165) is 10.8 Å². The molecule has 148 valence electrons. The Morgan fingerprint density at radius 2 is 1.48 bits per heavy atom. The van der Waals surface area contributed by atoms with E-state index in [1.54, 1.807) is 30.3 Å². The quantitative estimate of drug-likeness (QED) is 0.587. The molecule has 1 aliphatic heterocycles. The van der Waals surface area contributed by atoms with Crippen molar-refractivity contribution in [3.05, 3.63) is 41.5 Å². The van der Waals surface area contributed by atoms with Gasteiger partial charge in [0, 0.05) is 16.7 Å². The monoisotopic (exact) mass is 394 g/mol. The maximum absolute atomic E-state index is 12.0. The van der Waals surface area contributed by atoms with Gasteiger partial charge in [0.1, 0.15) is 0 Å². The van der Waals surface area contributed by atoms with Crippen molar-refractivity contribution >= 4 is 23.3 Å². The summed E-state index contributed by atoms with van der Waals surface area (Å²) in [7, 11) is 4.54. The molecule has 0 saturated carbocycles. The third kappa shape index (κ3) is 2.91. The number of ether oxygens (including phenoxy) is 5. The third-order valence-corrected chi connectivity index (χ3v) is 4.90. The highest BCUT2D eigenvalue weighted by atomic mass is 16.7. The molecular formula is C22H18O7. The van der Waals surface area contributed by atoms with Crippen LogP contribution in [0.25, 0.3) is 21.9 Å². The van der Waals surface area contributed by atoms with Crippen LogP contribution in [0.1, 0.15) is 20.7 Å². The van der Waals surface area contributed by atoms with Crippen LogP contribution in [0, 0.1) is 0 Å². The SMILES string of the molecule is COc1cc(-c2c(C=O)c(C=O)cc3cc4c(cc23)OCO4)cc(OC)c1OC. The van der Waals surface area contributed by atoms with E-state index in [4.69, 9.17) is 23.7 Å². The second-order valence-electron chi connectivity index (χ2n) is 6.33. The first kappa shape index (κ1) is 18.6. The fourth-order valence-electron chi connectivity index (χ4n) is 3.59. The van der Waals surface area contributed by atoms with Gasteiger partial charge in [-0.25, -0.2) is 0 Å². The number of hydrogen-bond donors (Lipinski definition) is 0. The molecule has 0 atom stereocenters. The molecule has 0 saturated heterocycles. The minimum atomic E-state index is 0.117. The van der Waals surface area contributed by atoms with Crippen LogP contribution in [0.5, 0.6) is 28.7 Å². The van der Waals surface area contributed by atoms with Crippen LogP contribution in [-0.4, -0.2) is 40.7 Å². The van der Waals surface area contributed by atoms with Gasteiger partial charge in [-0.05, 0) is 46.7 Å². The first-order chi connectivity index (χ1) is 14.1. The molecule has 0 fully saturated rings. The first-order valence-corrected chi connectivity index (χ1v) is 8.76. The molecule has 1 heterocycles. The summed E-state index contributed by atoms with van der Waals surface area (Å²) < 4.78 is 27.2. The molecular weight excluding hydrogens is 376 g/mol. The van der Waals surface area contributed by atoms with Crippen LogP contribution in [0.2, 0.25) is 0 Å². The fourth-order valence-corrected chi connectivity index (χ4v) is 3.59. The Bertz CT molecular complexity index is 1110. The number of fused-ring (bicyclic) bond motifs is 2. The molecule has 3 aromatic rings. The lowest BCUT2D eigenvalue weighted by Gasteiger charge is -2.17. The Morgan fingerprint density at radius 1 is 0.828 bits per heavy atom. The van der Waals surface area contributed by atoms with Crippen molar-refractivity contribution in [2.24, 2.45) is 0 Å². The number of methoxy groups -OCH3 is 3. The van der Waals surface area contributed by atoms with E-state index in [0.29, 0.717) is 52.4 Å². The molecule has 4 rings (SSSR count). The normalized spacial score (nSPS) is 12.0. The van der Waals surface area contributed by atoms with Gasteiger partial charge in [-0.15, -0.1) is 0 Å². The number of benzene rings is 3. The summed E-state index contributed by atoms with van der Waals surface area (Å²) in [6.45, 7) is 0.117. The molecule has 29 heavy (non-hydrogen) atoms. The Kier molecular flexibility index (Phi) is 4.72. The van der Waals surface area contributed by atoms with E-state index >= 15 is 0 Å². The predicted molar refractivity (Wildman–Crippen MR) is 106 cm³/mol. The van der Waals surface area contributed by atoms with Crippen molar-refractivity contribution in [1.29, 1.82) is 0 Å². The van der Waals surface area contributed by atoms with Gasteiger partial charge in [0.05, 0.1) is 21.3 Å². The molecule has 0 amide bonds. The lowest BCUT2D eigenvalue weighted by Crippen LogP contribution is -2.00. The summed E-state index contributed by atoms with van der Waals surface area (Å²) in [4.78, 5) is 23.7. The molecule has 0 aromatic heterocycles. The van der Waals surface area contributed by atoms with Gasteiger partial charge in [0.25, 0.3) is 0 Å². The first-order valence-electron chi connectivity index (χ1n) is 8.76. The van der Waals surface area contributed by atoms with Gasteiger partial charge >= 0.3 is 0 Å². The van der Waals surface area contributed by atoms with Gasteiger partial charge in [-0.2, -0.15) is 0 Å². The summed E-state index contributed by atoms with van der Waals surface area (Å²) in [5.41, 5.74) is 1.74. The number of hydrogen-bond acceptors (Lipinski definition) is 7. The highest BCUT2D eigenvalue weighted by molar-refractivity contribution is 6.10. The smallest absolute Gasteiger partial charge is 0.231 e. The van der Waals surface area contributed by atoms with E-state index in [1.165, 1.54) is 21.3 Å². The molecule has 1 aliphatic rings. The van der Waals surface area contributed by atoms with E-state index in [1.807, 2.05) is 0 Å². The third-order valence-electron chi connectivity index (χ3n) is 4.90. The van der Waals surface area contributed by atoms with Crippen molar-refractivity contribution in [2.75, 3.05) is 28.1 Å². The van der Waals surface area contributed by atoms with Crippen LogP contribution >= 0.6 is 0 Å². The van der Waals surface area contributed by atoms with Crippen molar-refractivity contribution in [1.82, 2.24) is 0 Å². The molecule has 7 heteroatoms. The standard InChI is InChI=1S/C22H18O7/c1-25-19-6-13(7-20(26-2)22(19)27-3)21-15-8-18-17(28-11-29-18)5-12(15)4-14(9-23)16(21)10-24/h4-10H,11H2,1-3H3. The van der Waals surface area contributed by atoms with E-state index in [9.17, 15) is 9.59 Å². The predicted octanol–water partition coefficient (Wildman–Crippen LogP) is 3.89. The van der Waals surface area contributed by atoms with Crippen molar-refractivity contribution < 1.29 is 33.3 Å². The fraction of sp³-hybridized carbons (Fsp3) is 0.182. The molecule has 0 N–H and O–H groups in total. The van der Waals surface area contributed by atoms with Gasteiger partial charge in [0.2, 0.25) is 12.5 Å². The van der Waals surface area contributed by atoms with E-state index in [-0.39, 0.29) is 17.9 Å². The minimum absolute atomic E-state index is 0.117. The topological polar surface area (TPSA) is 80.3 Å². The maximum Gasteiger partial charge on any atom is 0.231 e. The minimum Gasteiger partial charge on any atom is -0.493 e. The summed E-state index contributed by atoms with van der Waals surface area (Å²) in [6, 6.07) is 8.73. The number of rotatable bonds is 6. The summed E-state index contributed by atoms with van der Waals surface area (Å²) in [6.07, 6.45) is 1.33. The summed E-state index contributed by atoms with van der Waals surface area (Å²) >= 11 is 0. The molecule has 0 spiro atoms. The zero-order valence-corrected chi connectivity index (χ0v) is 16.1. The Labute approximate surface area is 166 Å². The molecule has 0 radical (unpaired) electrons. The lowest BCUT2D eigenvalue weighted by molar-refractivity contribution is 0.109.